The van der Waals surface area contributed by atoms with Gasteiger partial charge in [-0.05, 0) is 55.7 Å². The first-order valence-corrected chi connectivity index (χ1v) is 9.54. The van der Waals surface area contributed by atoms with Gasteiger partial charge in [0.2, 0.25) is 0 Å². The largest absolute Gasteiger partial charge is 0.449 e. The van der Waals surface area contributed by atoms with Gasteiger partial charge in [-0.1, -0.05) is 42.5 Å². The van der Waals surface area contributed by atoms with Crippen molar-refractivity contribution in [2.24, 2.45) is 0 Å². The summed E-state index contributed by atoms with van der Waals surface area (Å²) in [6.45, 7) is 2.11. The molecule has 0 amide bonds. The topological polar surface area (TPSA) is 34.6 Å². The molecule has 1 aromatic heterocycles. The van der Waals surface area contributed by atoms with Gasteiger partial charge in [0, 0.05) is 13.1 Å². The summed E-state index contributed by atoms with van der Waals surface area (Å²) in [4.78, 5) is 7.21. The number of hydrogen-bond donors (Lipinski definition) is 0. The van der Waals surface area contributed by atoms with E-state index in [4.69, 9.17) is 14.5 Å². The van der Waals surface area contributed by atoms with Crippen LogP contribution in [0.15, 0.2) is 78.9 Å². The molecule has 0 aliphatic carbocycles. The molecule has 4 rings (SSSR count). The number of rotatable bonds is 6. The highest BCUT2D eigenvalue weighted by atomic mass is 16.7. The highest BCUT2D eigenvalue weighted by Gasteiger charge is 2.20. The van der Waals surface area contributed by atoms with Gasteiger partial charge >= 0.3 is 0 Å². The molecule has 0 radical (unpaired) electrons. The SMILES string of the molecule is c1ccc(OC(Oc2ccccc2)c2cccc(N3CCCCC3)n2)cc1. The average Bonchev–Trinajstić information content (AvgIpc) is 2.75. The summed E-state index contributed by atoms with van der Waals surface area (Å²) in [6.07, 6.45) is 3.12. The van der Waals surface area contributed by atoms with Crippen molar-refractivity contribution >= 4 is 5.82 Å². The van der Waals surface area contributed by atoms with E-state index in [1.807, 2.05) is 72.8 Å². The molecule has 2 heterocycles. The molecule has 2 aromatic carbocycles. The number of aromatic nitrogens is 1. The number of piperidine rings is 1. The molecule has 0 saturated carbocycles. The molecule has 1 aliphatic rings. The van der Waals surface area contributed by atoms with Crippen LogP contribution >= 0.6 is 0 Å². The van der Waals surface area contributed by atoms with E-state index < -0.39 is 6.29 Å². The van der Waals surface area contributed by atoms with Crippen LogP contribution in [0.3, 0.4) is 0 Å². The van der Waals surface area contributed by atoms with Crippen LogP contribution in [0.25, 0.3) is 0 Å². The number of benzene rings is 2. The Bertz CT molecular complexity index is 792. The lowest BCUT2D eigenvalue weighted by molar-refractivity contribution is 0.000397. The van der Waals surface area contributed by atoms with E-state index in [2.05, 4.69) is 11.0 Å². The van der Waals surface area contributed by atoms with Gasteiger partial charge in [0.05, 0.1) is 0 Å². The van der Waals surface area contributed by atoms with Gasteiger partial charge in [-0.3, -0.25) is 0 Å². The van der Waals surface area contributed by atoms with Crippen LogP contribution < -0.4 is 14.4 Å². The Hall–Kier alpha value is -3.01. The Morgan fingerprint density at radius 1 is 0.667 bits per heavy atom. The summed E-state index contributed by atoms with van der Waals surface area (Å²) in [5, 5.41) is 0. The quantitative estimate of drug-likeness (QED) is 0.564. The monoisotopic (exact) mass is 360 g/mol. The summed E-state index contributed by atoms with van der Waals surface area (Å²) in [5.41, 5.74) is 0.769. The van der Waals surface area contributed by atoms with Gasteiger partial charge < -0.3 is 14.4 Å². The average molecular weight is 360 g/mol. The number of hydrogen-bond acceptors (Lipinski definition) is 4. The predicted octanol–water partition coefficient (Wildman–Crippen LogP) is 5.23. The molecular weight excluding hydrogens is 336 g/mol. The minimum Gasteiger partial charge on any atom is -0.449 e. The van der Waals surface area contributed by atoms with E-state index in [1.54, 1.807) is 0 Å². The number of nitrogens with zero attached hydrogens (tertiary/aromatic N) is 2. The fraction of sp³-hybridized carbons (Fsp3) is 0.261. The van der Waals surface area contributed by atoms with Crippen molar-refractivity contribution in [1.29, 1.82) is 0 Å². The van der Waals surface area contributed by atoms with Crippen LogP contribution in [0.1, 0.15) is 31.2 Å². The molecule has 0 N–H and O–H groups in total. The zero-order valence-corrected chi connectivity index (χ0v) is 15.3. The van der Waals surface area contributed by atoms with E-state index in [0.717, 1.165) is 36.1 Å². The summed E-state index contributed by atoms with van der Waals surface area (Å²) in [6, 6.07) is 25.5. The second kappa shape index (κ2) is 8.58. The molecule has 4 nitrogen and oxygen atoms in total. The van der Waals surface area contributed by atoms with Crippen molar-refractivity contribution in [2.75, 3.05) is 18.0 Å². The van der Waals surface area contributed by atoms with E-state index in [1.165, 1.54) is 19.3 Å². The van der Waals surface area contributed by atoms with Crippen molar-refractivity contribution in [3.05, 3.63) is 84.6 Å². The molecule has 27 heavy (non-hydrogen) atoms. The number of ether oxygens (including phenoxy) is 2. The number of para-hydroxylation sites is 2. The molecule has 1 saturated heterocycles. The fourth-order valence-corrected chi connectivity index (χ4v) is 3.26. The lowest BCUT2D eigenvalue weighted by Gasteiger charge is -2.28. The minimum absolute atomic E-state index is 0.612. The molecule has 0 atom stereocenters. The van der Waals surface area contributed by atoms with Crippen LogP contribution in [0.4, 0.5) is 5.82 Å². The molecule has 1 fully saturated rings. The Labute approximate surface area is 160 Å². The molecule has 0 unspecified atom stereocenters. The van der Waals surface area contributed by atoms with Crippen LogP contribution in [-0.4, -0.2) is 18.1 Å². The zero-order valence-electron chi connectivity index (χ0n) is 15.3. The maximum absolute atomic E-state index is 6.14. The third kappa shape index (κ3) is 4.59. The second-order valence-electron chi connectivity index (χ2n) is 6.66. The van der Waals surface area contributed by atoms with Crippen molar-refractivity contribution in [2.45, 2.75) is 25.6 Å². The van der Waals surface area contributed by atoms with Crippen LogP contribution in [0.2, 0.25) is 0 Å². The van der Waals surface area contributed by atoms with Gasteiger partial charge in [0.15, 0.2) is 0 Å². The van der Waals surface area contributed by atoms with Gasteiger partial charge in [-0.15, -0.1) is 0 Å². The second-order valence-corrected chi connectivity index (χ2v) is 6.66. The van der Waals surface area contributed by atoms with Gasteiger partial charge in [-0.25, -0.2) is 4.98 Å². The van der Waals surface area contributed by atoms with E-state index in [9.17, 15) is 0 Å². The van der Waals surface area contributed by atoms with Crippen LogP contribution in [-0.2, 0) is 0 Å². The molecule has 0 bridgehead atoms. The minimum atomic E-state index is -0.612. The molecule has 0 spiro atoms. The van der Waals surface area contributed by atoms with E-state index >= 15 is 0 Å². The van der Waals surface area contributed by atoms with E-state index in [-0.39, 0.29) is 0 Å². The molecule has 138 valence electrons. The third-order valence-electron chi connectivity index (χ3n) is 4.65. The lowest BCUT2D eigenvalue weighted by atomic mass is 10.1. The van der Waals surface area contributed by atoms with E-state index in [0.29, 0.717) is 0 Å². The van der Waals surface area contributed by atoms with Crippen molar-refractivity contribution in [3.8, 4) is 11.5 Å². The first kappa shape index (κ1) is 17.4. The Kier molecular flexibility index (Phi) is 5.53. The molecule has 3 aromatic rings. The van der Waals surface area contributed by atoms with Crippen molar-refractivity contribution in [1.82, 2.24) is 4.98 Å². The smallest absolute Gasteiger partial charge is 0.284 e. The third-order valence-corrected chi connectivity index (χ3v) is 4.65. The Balaban J connectivity index is 1.61. The lowest BCUT2D eigenvalue weighted by Crippen LogP contribution is -2.30. The first-order valence-electron chi connectivity index (χ1n) is 9.54. The van der Waals surface area contributed by atoms with Crippen molar-refractivity contribution in [3.63, 3.8) is 0 Å². The highest BCUT2D eigenvalue weighted by molar-refractivity contribution is 5.40. The van der Waals surface area contributed by atoms with Gasteiger partial charge in [-0.2, -0.15) is 0 Å². The number of pyridine rings is 1. The summed E-state index contributed by atoms with van der Waals surface area (Å²) in [5.74, 6) is 2.50. The fourth-order valence-electron chi connectivity index (χ4n) is 3.26. The standard InChI is InChI=1S/C23H24N2O2/c1-4-11-19(12-5-1)26-23(27-20-13-6-2-7-14-20)21-15-10-16-22(24-21)25-17-8-3-9-18-25/h1-2,4-7,10-16,23H,3,8-9,17-18H2. The molecule has 1 aliphatic heterocycles. The summed E-state index contributed by atoms with van der Waals surface area (Å²) >= 11 is 0. The van der Waals surface area contributed by atoms with Crippen LogP contribution in [0.5, 0.6) is 11.5 Å². The maximum atomic E-state index is 6.14. The maximum Gasteiger partial charge on any atom is 0.284 e. The first-order chi connectivity index (χ1) is 13.4. The summed E-state index contributed by atoms with van der Waals surface area (Å²) < 4.78 is 12.3. The normalized spacial score (nSPS) is 14.2. The summed E-state index contributed by atoms with van der Waals surface area (Å²) in [7, 11) is 0. The highest BCUT2D eigenvalue weighted by Crippen LogP contribution is 2.26. The predicted molar refractivity (Wildman–Crippen MR) is 107 cm³/mol. The molecule has 4 heteroatoms. The van der Waals surface area contributed by atoms with Crippen molar-refractivity contribution < 1.29 is 9.47 Å². The van der Waals surface area contributed by atoms with Gasteiger partial charge in [0.25, 0.3) is 6.29 Å². The number of anilines is 1. The van der Waals surface area contributed by atoms with Crippen LogP contribution in [0, 0.1) is 0 Å². The Morgan fingerprint density at radius 2 is 1.26 bits per heavy atom. The zero-order chi connectivity index (χ0) is 18.3. The van der Waals surface area contributed by atoms with Gasteiger partial charge in [0.1, 0.15) is 23.0 Å². The molecular formula is C23H24N2O2. The Morgan fingerprint density at radius 3 is 1.85 bits per heavy atom.